The molecule has 1 aliphatic carbocycles. The molecule has 1 saturated heterocycles. The standard InChI is InChI=1S/C20H27NO3/c22-18(15-20(19(23)24)12-6-13-20)21-14-5-11-17(21)10-4-9-16-7-2-1-3-8-16/h1-3,7-8,17H,4-6,9-15H2,(H,23,24). The second-order valence-electron chi connectivity index (χ2n) is 7.38. The van der Waals surface area contributed by atoms with E-state index in [1.54, 1.807) is 0 Å². The van der Waals surface area contributed by atoms with Gasteiger partial charge in [-0.3, -0.25) is 9.59 Å². The van der Waals surface area contributed by atoms with Crippen molar-refractivity contribution < 1.29 is 14.7 Å². The fourth-order valence-electron chi connectivity index (χ4n) is 4.11. The maximum atomic E-state index is 12.7. The van der Waals surface area contributed by atoms with Gasteiger partial charge in [-0.15, -0.1) is 0 Å². The first-order valence-electron chi connectivity index (χ1n) is 9.17. The van der Waals surface area contributed by atoms with Gasteiger partial charge < -0.3 is 10.0 Å². The molecular weight excluding hydrogens is 302 g/mol. The number of carbonyl (C=O) groups excluding carboxylic acids is 1. The molecule has 2 aliphatic rings. The number of aliphatic carboxylic acids is 1. The summed E-state index contributed by atoms with van der Waals surface area (Å²) in [4.78, 5) is 26.1. The molecule has 24 heavy (non-hydrogen) atoms. The van der Waals surface area contributed by atoms with Gasteiger partial charge in [-0.1, -0.05) is 36.8 Å². The third-order valence-corrected chi connectivity index (χ3v) is 5.80. The number of hydrogen-bond donors (Lipinski definition) is 1. The number of benzene rings is 1. The van der Waals surface area contributed by atoms with E-state index in [2.05, 4.69) is 24.3 Å². The van der Waals surface area contributed by atoms with Crippen LogP contribution in [-0.2, 0) is 16.0 Å². The van der Waals surface area contributed by atoms with E-state index in [1.807, 2.05) is 11.0 Å². The Hall–Kier alpha value is -1.84. The number of aryl methyl sites for hydroxylation is 1. The lowest BCUT2D eigenvalue weighted by Gasteiger charge is -2.38. The van der Waals surface area contributed by atoms with E-state index in [0.717, 1.165) is 45.1 Å². The Labute approximate surface area is 143 Å². The van der Waals surface area contributed by atoms with Gasteiger partial charge in [0.25, 0.3) is 0 Å². The molecule has 1 aliphatic heterocycles. The Balaban J connectivity index is 1.51. The van der Waals surface area contributed by atoms with Gasteiger partial charge in [-0.2, -0.15) is 0 Å². The van der Waals surface area contributed by atoms with Crippen LogP contribution in [0.1, 0.15) is 56.9 Å². The lowest BCUT2D eigenvalue weighted by Crippen LogP contribution is -2.45. The second-order valence-corrected chi connectivity index (χ2v) is 7.38. The molecule has 1 saturated carbocycles. The van der Waals surface area contributed by atoms with E-state index >= 15 is 0 Å². The molecule has 1 N–H and O–H groups in total. The Morgan fingerprint density at radius 3 is 2.54 bits per heavy atom. The highest BCUT2D eigenvalue weighted by Gasteiger charge is 2.47. The van der Waals surface area contributed by atoms with E-state index in [1.165, 1.54) is 5.56 Å². The number of amides is 1. The van der Waals surface area contributed by atoms with Crippen LogP contribution in [0.2, 0.25) is 0 Å². The fraction of sp³-hybridized carbons (Fsp3) is 0.600. The van der Waals surface area contributed by atoms with E-state index < -0.39 is 11.4 Å². The van der Waals surface area contributed by atoms with Crippen molar-refractivity contribution in [1.82, 2.24) is 4.90 Å². The average molecular weight is 329 g/mol. The van der Waals surface area contributed by atoms with Crippen LogP contribution in [0.5, 0.6) is 0 Å². The Bertz CT molecular complexity index is 580. The number of rotatable bonds is 7. The molecule has 1 atom stereocenters. The molecule has 2 fully saturated rings. The molecule has 0 bridgehead atoms. The van der Waals surface area contributed by atoms with Gasteiger partial charge >= 0.3 is 5.97 Å². The summed E-state index contributed by atoms with van der Waals surface area (Å²) >= 11 is 0. The SMILES string of the molecule is O=C(CC1(C(=O)O)CCC1)N1CCCC1CCCc1ccccc1. The summed E-state index contributed by atoms with van der Waals surface area (Å²) in [5.41, 5.74) is 0.571. The van der Waals surface area contributed by atoms with Crippen LogP contribution in [0, 0.1) is 5.41 Å². The third kappa shape index (κ3) is 3.63. The monoisotopic (exact) mass is 329 g/mol. The molecule has 130 valence electrons. The zero-order valence-electron chi connectivity index (χ0n) is 14.2. The molecule has 1 aromatic rings. The average Bonchev–Trinajstić information content (AvgIpc) is 3.00. The lowest BCUT2D eigenvalue weighted by atomic mass is 9.66. The van der Waals surface area contributed by atoms with Crippen molar-refractivity contribution in [1.29, 1.82) is 0 Å². The first-order chi connectivity index (χ1) is 11.6. The third-order valence-electron chi connectivity index (χ3n) is 5.80. The molecule has 4 nitrogen and oxygen atoms in total. The van der Waals surface area contributed by atoms with Crippen molar-refractivity contribution in [2.45, 2.75) is 63.8 Å². The van der Waals surface area contributed by atoms with Crippen molar-refractivity contribution in [2.75, 3.05) is 6.54 Å². The fourth-order valence-corrected chi connectivity index (χ4v) is 4.11. The van der Waals surface area contributed by atoms with Crippen LogP contribution < -0.4 is 0 Å². The highest BCUT2D eigenvalue weighted by molar-refractivity contribution is 5.86. The van der Waals surface area contributed by atoms with Crippen molar-refractivity contribution >= 4 is 11.9 Å². The van der Waals surface area contributed by atoms with Crippen LogP contribution in [0.4, 0.5) is 0 Å². The zero-order valence-corrected chi connectivity index (χ0v) is 14.2. The molecule has 0 radical (unpaired) electrons. The smallest absolute Gasteiger partial charge is 0.310 e. The van der Waals surface area contributed by atoms with E-state index in [4.69, 9.17) is 0 Å². The topological polar surface area (TPSA) is 57.6 Å². The molecule has 1 aromatic carbocycles. The van der Waals surface area contributed by atoms with Crippen molar-refractivity contribution in [3.05, 3.63) is 35.9 Å². The molecule has 4 heteroatoms. The van der Waals surface area contributed by atoms with Crippen LogP contribution >= 0.6 is 0 Å². The molecular formula is C20H27NO3. The first-order valence-corrected chi connectivity index (χ1v) is 9.17. The van der Waals surface area contributed by atoms with Gasteiger partial charge in [-0.25, -0.2) is 0 Å². The van der Waals surface area contributed by atoms with Crippen LogP contribution in [0.3, 0.4) is 0 Å². The number of carboxylic acid groups (broad SMARTS) is 1. The van der Waals surface area contributed by atoms with Gasteiger partial charge in [0.2, 0.25) is 5.91 Å². The number of carbonyl (C=O) groups is 2. The maximum absolute atomic E-state index is 12.7. The highest BCUT2D eigenvalue weighted by atomic mass is 16.4. The zero-order chi connectivity index (χ0) is 17.0. The summed E-state index contributed by atoms with van der Waals surface area (Å²) in [6.07, 6.45) is 7.66. The quantitative estimate of drug-likeness (QED) is 0.831. The van der Waals surface area contributed by atoms with Gasteiger partial charge in [0.15, 0.2) is 0 Å². The Kier molecular flexibility index (Phi) is 5.22. The van der Waals surface area contributed by atoms with Crippen molar-refractivity contribution in [2.24, 2.45) is 5.41 Å². The molecule has 0 aromatic heterocycles. The lowest BCUT2D eigenvalue weighted by molar-refractivity contribution is -0.159. The molecule has 1 heterocycles. The minimum atomic E-state index is -0.790. The van der Waals surface area contributed by atoms with E-state index in [9.17, 15) is 14.7 Å². The summed E-state index contributed by atoms with van der Waals surface area (Å²) in [6.45, 7) is 0.796. The number of hydrogen-bond acceptors (Lipinski definition) is 2. The molecule has 1 unspecified atom stereocenters. The number of nitrogens with zero attached hydrogens (tertiary/aromatic N) is 1. The molecule has 3 rings (SSSR count). The largest absolute Gasteiger partial charge is 0.481 e. The van der Waals surface area contributed by atoms with Crippen LogP contribution in [0.25, 0.3) is 0 Å². The van der Waals surface area contributed by atoms with E-state index in [-0.39, 0.29) is 12.3 Å². The van der Waals surface area contributed by atoms with Gasteiger partial charge in [0, 0.05) is 19.0 Å². The summed E-state index contributed by atoms with van der Waals surface area (Å²) in [5, 5.41) is 9.44. The Morgan fingerprint density at radius 1 is 1.17 bits per heavy atom. The van der Waals surface area contributed by atoms with Gasteiger partial charge in [-0.05, 0) is 50.5 Å². The highest BCUT2D eigenvalue weighted by Crippen LogP contribution is 2.45. The predicted octanol–water partition coefficient (Wildman–Crippen LogP) is 3.65. The predicted molar refractivity (Wildman–Crippen MR) is 92.7 cm³/mol. The number of carboxylic acids is 1. The second kappa shape index (κ2) is 7.37. The normalized spacial score (nSPS) is 22.2. The summed E-state index contributed by atoms with van der Waals surface area (Å²) in [6, 6.07) is 10.7. The molecule has 1 amide bonds. The van der Waals surface area contributed by atoms with Crippen LogP contribution in [0.15, 0.2) is 30.3 Å². The first kappa shape index (κ1) is 17.0. The summed E-state index contributed by atoms with van der Waals surface area (Å²) in [5.74, 6) is -0.735. The summed E-state index contributed by atoms with van der Waals surface area (Å²) in [7, 11) is 0. The van der Waals surface area contributed by atoms with E-state index in [0.29, 0.717) is 18.9 Å². The number of likely N-dealkylation sites (tertiary alicyclic amines) is 1. The minimum Gasteiger partial charge on any atom is -0.481 e. The minimum absolute atomic E-state index is 0.0549. The van der Waals surface area contributed by atoms with Crippen molar-refractivity contribution in [3.63, 3.8) is 0 Å². The van der Waals surface area contributed by atoms with Gasteiger partial charge in [0.1, 0.15) is 0 Å². The summed E-state index contributed by atoms with van der Waals surface area (Å²) < 4.78 is 0. The Morgan fingerprint density at radius 2 is 1.92 bits per heavy atom. The van der Waals surface area contributed by atoms with Crippen LogP contribution in [-0.4, -0.2) is 34.5 Å². The van der Waals surface area contributed by atoms with Gasteiger partial charge in [0.05, 0.1) is 5.41 Å². The van der Waals surface area contributed by atoms with Crippen molar-refractivity contribution in [3.8, 4) is 0 Å². The maximum Gasteiger partial charge on any atom is 0.310 e. The molecule has 0 spiro atoms.